The summed E-state index contributed by atoms with van der Waals surface area (Å²) in [6.07, 6.45) is 3.55. The third kappa shape index (κ3) is 3.15. The van der Waals surface area contributed by atoms with Gasteiger partial charge in [0.2, 0.25) is 0 Å². The molecule has 0 radical (unpaired) electrons. The second kappa shape index (κ2) is 5.76. The molecule has 0 aliphatic heterocycles. The molecule has 1 atom stereocenters. The third-order valence-corrected chi connectivity index (χ3v) is 2.87. The van der Waals surface area contributed by atoms with Gasteiger partial charge >= 0.3 is 0 Å². The zero-order valence-corrected chi connectivity index (χ0v) is 10.9. The average molecular weight is 241 g/mol. The molecule has 0 aliphatic carbocycles. The first-order chi connectivity index (χ1) is 8.66. The van der Waals surface area contributed by atoms with Gasteiger partial charge in [-0.2, -0.15) is 0 Å². The predicted octanol–water partition coefficient (Wildman–Crippen LogP) is 2.19. The molecule has 0 fully saturated rings. The molecule has 2 rings (SSSR count). The lowest BCUT2D eigenvalue weighted by Gasteiger charge is -2.15. The van der Waals surface area contributed by atoms with Crippen molar-refractivity contribution in [2.24, 2.45) is 5.73 Å². The largest absolute Gasteiger partial charge is 0.320 e. The summed E-state index contributed by atoms with van der Waals surface area (Å²) in [6, 6.07) is 12.3. The fourth-order valence-electron chi connectivity index (χ4n) is 2.01. The van der Waals surface area contributed by atoms with Gasteiger partial charge < -0.3 is 10.6 Å². The van der Waals surface area contributed by atoms with Gasteiger partial charge in [0.05, 0.1) is 6.04 Å². The third-order valence-electron chi connectivity index (χ3n) is 2.87. The van der Waals surface area contributed by atoms with Crippen molar-refractivity contribution < 1.29 is 0 Å². The Hall–Kier alpha value is -1.71. The van der Waals surface area contributed by atoms with Crippen molar-refractivity contribution in [3.8, 4) is 0 Å². The summed E-state index contributed by atoms with van der Waals surface area (Å²) in [7, 11) is 4.13. The quantitative estimate of drug-likeness (QED) is 0.892. The van der Waals surface area contributed by atoms with Crippen LogP contribution in [0.1, 0.15) is 22.7 Å². The van der Waals surface area contributed by atoms with Gasteiger partial charge in [0.1, 0.15) is 0 Å². The molecule has 18 heavy (non-hydrogen) atoms. The van der Waals surface area contributed by atoms with Crippen LogP contribution in [-0.2, 0) is 6.54 Å². The highest BCUT2D eigenvalue weighted by Gasteiger charge is 2.09. The minimum atomic E-state index is -0.0879. The van der Waals surface area contributed by atoms with E-state index >= 15 is 0 Å². The van der Waals surface area contributed by atoms with E-state index in [2.05, 4.69) is 48.2 Å². The maximum Gasteiger partial charge on any atom is 0.0552 e. The number of aromatic nitrogens is 1. The van der Waals surface area contributed by atoms with Crippen LogP contribution < -0.4 is 5.73 Å². The van der Waals surface area contributed by atoms with E-state index in [1.54, 1.807) is 12.4 Å². The van der Waals surface area contributed by atoms with Gasteiger partial charge in [0.25, 0.3) is 0 Å². The normalized spacial score (nSPS) is 12.7. The predicted molar refractivity (Wildman–Crippen MR) is 74.1 cm³/mol. The van der Waals surface area contributed by atoms with Crippen molar-refractivity contribution in [3.63, 3.8) is 0 Å². The number of rotatable bonds is 4. The van der Waals surface area contributed by atoms with Gasteiger partial charge in [-0.25, -0.2) is 0 Å². The Morgan fingerprint density at radius 2 is 1.83 bits per heavy atom. The Balaban J connectivity index is 2.23. The zero-order chi connectivity index (χ0) is 13.0. The zero-order valence-electron chi connectivity index (χ0n) is 10.9. The lowest BCUT2D eigenvalue weighted by molar-refractivity contribution is 0.402. The van der Waals surface area contributed by atoms with E-state index in [0.717, 1.165) is 17.7 Å². The number of hydrogen-bond acceptors (Lipinski definition) is 3. The Kier molecular flexibility index (Phi) is 4.07. The molecule has 0 bridgehead atoms. The molecule has 1 aromatic heterocycles. The van der Waals surface area contributed by atoms with E-state index in [-0.39, 0.29) is 6.04 Å². The minimum absolute atomic E-state index is 0.0879. The molecule has 0 spiro atoms. The molecule has 3 heteroatoms. The summed E-state index contributed by atoms with van der Waals surface area (Å²) < 4.78 is 0. The minimum Gasteiger partial charge on any atom is -0.320 e. The van der Waals surface area contributed by atoms with Gasteiger partial charge in [-0.15, -0.1) is 0 Å². The van der Waals surface area contributed by atoms with Crippen molar-refractivity contribution >= 4 is 0 Å². The van der Waals surface area contributed by atoms with E-state index in [0.29, 0.717) is 0 Å². The van der Waals surface area contributed by atoms with Crippen LogP contribution >= 0.6 is 0 Å². The standard InChI is InChI=1S/C15H19N3/c1-18(2)11-12-4-3-5-14(10-12)15(16)13-6-8-17-9-7-13/h3-10,15H,11,16H2,1-2H3. The first kappa shape index (κ1) is 12.7. The van der Waals surface area contributed by atoms with Gasteiger partial charge in [-0.1, -0.05) is 24.3 Å². The monoisotopic (exact) mass is 241 g/mol. The molecule has 1 aromatic carbocycles. The number of nitrogens with two attached hydrogens (primary N) is 1. The first-order valence-corrected chi connectivity index (χ1v) is 6.06. The highest BCUT2D eigenvalue weighted by Crippen LogP contribution is 2.20. The fraction of sp³-hybridized carbons (Fsp3) is 0.267. The van der Waals surface area contributed by atoms with E-state index in [4.69, 9.17) is 5.73 Å². The lowest BCUT2D eigenvalue weighted by Crippen LogP contribution is -2.14. The van der Waals surface area contributed by atoms with Gasteiger partial charge in [0, 0.05) is 18.9 Å². The molecule has 0 saturated heterocycles. The molecule has 0 saturated carbocycles. The summed E-state index contributed by atoms with van der Waals surface area (Å²) in [6.45, 7) is 0.927. The molecule has 94 valence electrons. The van der Waals surface area contributed by atoms with Crippen LogP contribution in [0, 0.1) is 0 Å². The van der Waals surface area contributed by atoms with Crippen molar-refractivity contribution in [1.82, 2.24) is 9.88 Å². The Bertz CT molecular complexity index is 494. The molecule has 0 amide bonds. The van der Waals surface area contributed by atoms with Crippen molar-refractivity contribution in [1.29, 1.82) is 0 Å². The summed E-state index contributed by atoms with van der Waals surface area (Å²) in [4.78, 5) is 6.17. The van der Waals surface area contributed by atoms with Crippen molar-refractivity contribution in [2.75, 3.05) is 14.1 Å². The fourth-order valence-corrected chi connectivity index (χ4v) is 2.01. The van der Waals surface area contributed by atoms with Gasteiger partial charge in [-0.05, 0) is 42.9 Å². The SMILES string of the molecule is CN(C)Cc1cccc(C(N)c2ccncc2)c1. The van der Waals surface area contributed by atoms with E-state index in [9.17, 15) is 0 Å². The summed E-state index contributed by atoms with van der Waals surface area (Å²) >= 11 is 0. The molecule has 3 nitrogen and oxygen atoms in total. The Morgan fingerprint density at radius 3 is 2.50 bits per heavy atom. The molecule has 1 heterocycles. The topological polar surface area (TPSA) is 42.1 Å². The molecule has 2 aromatic rings. The van der Waals surface area contributed by atoms with Gasteiger partial charge in [0.15, 0.2) is 0 Å². The van der Waals surface area contributed by atoms with Crippen LogP contribution in [0.3, 0.4) is 0 Å². The number of nitrogens with zero attached hydrogens (tertiary/aromatic N) is 2. The maximum atomic E-state index is 6.27. The number of hydrogen-bond donors (Lipinski definition) is 1. The highest BCUT2D eigenvalue weighted by atomic mass is 15.0. The Labute approximate surface area is 108 Å². The molecule has 0 aliphatic rings. The molecular weight excluding hydrogens is 222 g/mol. The number of pyridine rings is 1. The molecular formula is C15H19N3. The lowest BCUT2D eigenvalue weighted by atomic mass is 9.99. The average Bonchev–Trinajstić information content (AvgIpc) is 2.38. The second-order valence-corrected chi connectivity index (χ2v) is 4.74. The van der Waals surface area contributed by atoms with Crippen LogP contribution in [0.2, 0.25) is 0 Å². The summed E-state index contributed by atoms with van der Waals surface area (Å²) in [5, 5.41) is 0. The summed E-state index contributed by atoms with van der Waals surface area (Å²) in [5.74, 6) is 0. The van der Waals surface area contributed by atoms with Crippen LogP contribution in [0.25, 0.3) is 0 Å². The molecule has 1 unspecified atom stereocenters. The van der Waals surface area contributed by atoms with Crippen molar-refractivity contribution in [2.45, 2.75) is 12.6 Å². The van der Waals surface area contributed by atoms with Crippen LogP contribution in [0.5, 0.6) is 0 Å². The second-order valence-electron chi connectivity index (χ2n) is 4.74. The van der Waals surface area contributed by atoms with E-state index < -0.39 is 0 Å². The van der Waals surface area contributed by atoms with Gasteiger partial charge in [-0.3, -0.25) is 4.98 Å². The van der Waals surface area contributed by atoms with Crippen LogP contribution in [-0.4, -0.2) is 24.0 Å². The maximum absolute atomic E-state index is 6.27. The van der Waals surface area contributed by atoms with E-state index in [1.165, 1.54) is 5.56 Å². The van der Waals surface area contributed by atoms with Crippen LogP contribution in [0.4, 0.5) is 0 Å². The number of benzene rings is 1. The smallest absolute Gasteiger partial charge is 0.0552 e. The first-order valence-electron chi connectivity index (χ1n) is 6.06. The van der Waals surface area contributed by atoms with E-state index in [1.807, 2.05) is 12.1 Å². The highest BCUT2D eigenvalue weighted by molar-refractivity contribution is 5.32. The Morgan fingerprint density at radius 1 is 1.11 bits per heavy atom. The van der Waals surface area contributed by atoms with Crippen LogP contribution in [0.15, 0.2) is 48.8 Å². The summed E-state index contributed by atoms with van der Waals surface area (Å²) in [5.41, 5.74) is 9.78. The van der Waals surface area contributed by atoms with Crippen molar-refractivity contribution in [3.05, 3.63) is 65.5 Å². The molecule has 2 N–H and O–H groups in total.